The number of allylic oxidation sites excluding steroid dienone is 1. The molecule has 0 heterocycles. The molecule has 1 fully saturated rings. The van der Waals surface area contributed by atoms with E-state index in [2.05, 4.69) is 0 Å². The topological polar surface area (TPSA) is 101 Å². The van der Waals surface area contributed by atoms with Gasteiger partial charge in [-0.25, -0.2) is 0 Å². The standard InChI is InChI=1S/C25H42O6/c1-24(2,3)31-23(29)13-9-10-17-25(4,30)18-16-19-14-15-21(26)20(19)11-7-5-6-8-12-22(27)28/h16,18-20,30H,5-15,17H2,1-4H3,(H,27,28). The van der Waals surface area contributed by atoms with Crippen LogP contribution in [0.5, 0.6) is 0 Å². The monoisotopic (exact) mass is 438 g/mol. The Morgan fingerprint density at radius 2 is 1.68 bits per heavy atom. The van der Waals surface area contributed by atoms with Gasteiger partial charge in [-0.1, -0.05) is 31.4 Å². The van der Waals surface area contributed by atoms with Crippen molar-refractivity contribution >= 4 is 17.7 Å². The number of aliphatic hydroxyl groups is 1. The molecule has 0 aromatic heterocycles. The molecule has 178 valence electrons. The van der Waals surface area contributed by atoms with E-state index in [-0.39, 0.29) is 24.2 Å². The van der Waals surface area contributed by atoms with Crippen LogP contribution in [0.25, 0.3) is 0 Å². The smallest absolute Gasteiger partial charge is 0.306 e. The van der Waals surface area contributed by atoms with Gasteiger partial charge in [0.1, 0.15) is 11.4 Å². The number of carbonyl (C=O) groups excluding carboxylic acids is 2. The van der Waals surface area contributed by atoms with Crippen molar-refractivity contribution in [2.24, 2.45) is 11.8 Å². The van der Waals surface area contributed by atoms with Crippen LogP contribution < -0.4 is 0 Å². The number of carbonyl (C=O) groups is 3. The summed E-state index contributed by atoms with van der Waals surface area (Å²) in [5.74, 6) is -0.485. The minimum Gasteiger partial charge on any atom is -0.481 e. The van der Waals surface area contributed by atoms with E-state index in [0.29, 0.717) is 37.9 Å². The molecule has 0 aliphatic heterocycles. The van der Waals surface area contributed by atoms with E-state index in [1.54, 1.807) is 6.92 Å². The van der Waals surface area contributed by atoms with Crippen LogP contribution in [0.2, 0.25) is 0 Å². The lowest BCUT2D eigenvalue weighted by molar-refractivity contribution is -0.155. The van der Waals surface area contributed by atoms with Gasteiger partial charge in [-0.05, 0) is 72.1 Å². The third kappa shape index (κ3) is 12.7. The van der Waals surface area contributed by atoms with Crippen LogP contribution in [-0.4, -0.2) is 39.1 Å². The zero-order valence-electron chi connectivity index (χ0n) is 19.8. The number of ketones is 1. The van der Waals surface area contributed by atoms with Crippen molar-refractivity contribution in [2.45, 2.75) is 116 Å². The highest BCUT2D eigenvalue weighted by atomic mass is 16.6. The average molecular weight is 439 g/mol. The van der Waals surface area contributed by atoms with Crippen molar-refractivity contribution in [2.75, 3.05) is 0 Å². The van der Waals surface area contributed by atoms with Gasteiger partial charge in [0.2, 0.25) is 0 Å². The van der Waals surface area contributed by atoms with E-state index >= 15 is 0 Å². The second kappa shape index (κ2) is 13.0. The summed E-state index contributed by atoms with van der Waals surface area (Å²) in [5, 5.41) is 19.3. The first-order valence-corrected chi connectivity index (χ1v) is 11.8. The Kier molecular flexibility index (Phi) is 11.5. The van der Waals surface area contributed by atoms with Crippen LogP contribution in [0.15, 0.2) is 12.2 Å². The highest BCUT2D eigenvalue weighted by Crippen LogP contribution is 2.34. The molecule has 31 heavy (non-hydrogen) atoms. The van der Waals surface area contributed by atoms with Gasteiger partial charge in [0.15, 0.2) is 0 Å². The molecule has 1 aliphatic rings. The molecule has 0 aromatic rings. The number of rotatable bonds is 14. The average Bonchev–Trinajstić information content (AvgIpc) is 2.98. The maximum absolute atomic E-state index is 12.3. The molecule has 1 aliphatic carbocycles. The molecule has 1 saturated carbocycles. The summed E-state index contributed by atoms with van der Waals surface area (Å²) in [4.78, 5) is 34.6. The lowest BCUT2D eigenvalue weighted by Gasteiger charge is -2.22. The maximum atomic E-state index is 12.3. The van der Waals surface area contributed by atoms with Gasteiger partial charge >= 0.3 is 11.9 Å². The van der Waals surface area contributed by atoms with Gasteiger partial charge in [0.25, 0.3) is 0 Å². The number of ether oxygens (including phenoxy) is 1. The molecular formula is C25H42O6. The zero-order chi connectivity index (χ0) is 23.5. The van der Waals surface area contributed by atoms with Crippen LogP contribution in [-0.2, 0) is 19.1 Å². The van der Waals surface area contributed by atoms with Crippen LogP contribution in [0, 0.1) is 11.8 Å². The molecule has 0 bridgehead atoms. The molecule has 0 spiro atoms. The summed E-state index contributed by atoms with van der Waals surface area (Å²) < 4.78 is 5.30. The summed E-state index contributed by atoms with van der Waals surface area (Å²) in [6.45, 7) is 7.31. The first kappa shape index (κ1) is 27.3. The maximum Gasteiger partial charge on any atom is 0.306 e. The number of aliphatic carboxylic acids is 1. The van der Waals surface area contributed by atoms with Crippen molar-refractivity contribution in [3.8, 4) is 0 Å². The van der Waals surface area contributed by atoms with Crippen molar-refractivity contribution in [1.29, 1.82) is 0 Å². The molecule has 6 nitrogen and oxygen atoms in total. The summed E-state index contributed by atoms with van der Waals surface area (Å²) in [5.41, 5.74) is -1.43. The molecule has 2 N–H and O–H groups in total. The van der Waals surface area contributed by atoms with Crippen molar-refractivity contribution in [3.05, 3.63) is 12.2 Å². The molecule has 1 rings (SSSR count). The molecule has 3 unspecified atom stereocenters. The normalized spacial score (nSPS) is 21.4. The molecule has 3 atom stereocenters. The summed E-state index contributed by atoms with van der Waals surface area (Å²) in [7, 11) is 0. The highest BCUT2D eigenvalue weighted by Gasteiger charge is 2.32. The van der Waals surface area contributed by atoms with Gasteiger partial charge in [0.05, 0.1) is 5.60 Å². The minimum absolute atomic E-state index is 0.0127. The molecule has 0 saturated heterocycles. The van der Waals surface area contributed by atoms with Crippen molar-refractivity contribution < 1.29 is 29.3 Å². The largest absolute Gasteiger partial charge is 0.481 e. The number of hydrogen-bond donors (Lipinski definition) is 2. The van der Waals surface area contributed by atoms with Crippen LogP contribution in [0.4, 0.5) is 0 Å². The van der Waals surface area contributed by atoms with Crippen LogP contribution >= 0.6 is 0 Å². The Balaban J connectivity index is 2.36. The fraction of sp³-hybridized carbons (Fsp3) is 0.800. The second-order valence-electron chi connectivity index (χ2n) is 10.1. The highest BCUT2D eigenvalue weighted by molar-refractivity contribution is 5.83. The van der Waals surface area contributed by atoms with E-state index in [4.69, 9.17) is 9.84 Å². The van der Waals surface area contributed by atoms with E-state index in [1.807, 2.05) is 32.9 Å². The van der Waals surface area contributed by atoms with E-state index in [1.165, 1.54) is 0 Å². The zero-order valence-corrected chi connectivity index (χ0v) is 19.8. The quantitative estimate of drug-likeness (QED) is 0.219. The molecule has 0 radical (unpaired) electrons. The predicted molar refractivity (Wildman–Crippen MR) is 121 cm³/mol. The van der Waals surface area contributed by atoms with E-state index < -0.39 is 17.2 Å². The van der Waals surface area contributed by atoms with Gasteiger partial charge < -0.3 is 14.9 Å². The number of unbranched alkanes of at least 4 members (excludes halogenated alkanes) is 4. The Morgan fingerprint density at radius 1 is 1.03 bits per heavy atom. The SMILES string of the molecule is CC(O)(C=CC1CCC(=O)C1CCCCCCC(=O)O)CCCCC(=O)OC(C)(C)C. The third-order valence-corrected chi connectivity index (χ3v) is 5.75. The molecule has 0 aromatic carbocycles. The lowest BCUT2D eigenvalue weighted by Crippen LogP contribution is -2.24. The summed E-state index contributed by atoms with van der Waals surface area (Å²) >= 11 is 0. The third-order valence-electron chi connectivity index (χ3n) is 5.75. The first-order valence-electron chi connectivity index (χ1n) is 11.8. The molecular weight excluding hydrogens is 396 g/mol. The number of carboxylic acids is 1. The number of carboxylic acid groups (broad SMARTS) is 1. The predicted octanol–water partition coefficient (Wildman–Crippen LogP) is 5.22. The minimum atomic E-state index is -0.957. The number of esters is 1. The van der Waals surface area contributed by atoms with E-state index in [0.717, 1.165) is 38.5 Å². The fourth-order valence-electron chi connectivity index (χ4n) is 4.09. The summed E-state index contributed by atoms with van der Waals surface area (Å²) in [6, 6.07) is 0. The van der Waals surface area contributed by atoms with Crippen LogP contribution in [0.3, 0.4) is 0 Å². The summed E-state index contributed by atoms with van der Waals surface area (Å²) in [6.07, 6.45) is 12.0. The second-order valence-corrected chi connectivity index (χ2v) is 10.1. The van der Waals surface area contributed by atoms with Gasteiger partial charge in [-0.3, -0.25) is 14.4 Å². The van der Waals surface area contributed by atoms with Crippen molar-refractivity contribution in [1.82, 2.24) is 0 Å². The molecule has 0 amide bonds. The number of hydrogen-bond acceptors (Lipinski definition) is 5. The lowest BCUT2D eigenvalue weighted by atomic mass is 9.87. The van der Waals surface area contributed by atoms with E-state index in [9.17, 15) is 19.5 Å². The number of Topliss-reactive ketones (excluding diaryl/α,β-unsaturated/α-hetero) is 1. The van der Waals surface area contributed by atoms with Gasteiger partial charge in [-0.15, -0.1) is 0 Å². The molecule has 6 heteroatoms. The van der Waals surface area contributed by atoms with Crippen LogP contribution in [0.1, 0.15) is 105 Å². The van der Waals surface area contributed by atoms with Crippen molar-refractivity contribution in [3.63, 3.8) is 0 Å². The first-order chi connectivity index (χ1) is 14.4. The van der Waals surface area contributed by atoms with Gasteiger partial charge in [-0.2, -0.15) is 0 Å². The Morgan fingerprint density at radius 3 is 2.32 bits per heavy atom. The Bertz CT molecular complexity index is 614. The van der Waals surface area contributed by atoms with Gasteiger partial charge in [0, 0.05) is 25.2 Å². The Hall–Kier alpha value is -1.69. The Labute approximate surface area is 187 Å². The fourth-order valence-corrected chi connectivity index (χ4v) is 4.09.